The van der Waals surface area contributed by atoms with E-state index in [1.54, 1.807) is 11.3 Å². The average Bonchev–Trinajstić information content (AvgIpc) is 2.94. The molecule has 1 fully saturated rings. The van der Waals surface area contributed by atoms with Crippen LogP contribution in [0.4, 0.5) is 4.79 Å². The maximum Gasteiger partial charge on any atom is 0.320 e. The molecule has 2 aromatic rings. The fourth-order valence-corrected chi connectivity index (χ4v) is 3.92. The van der Waals surface area contributed by atoms with Crippen molar-refractivity contribution in [3.05, 3.63) is 29.3 Å². The summed E-state index contributed by atoms with van der Waals surface area (Å²) < 4.78 is 0.987. The van der Waals surface area contributed by atoms with E-state index in [0.717, 1.165) is 17.1 Å². The van der Waals surface area contributed by atoms with Gasteiger partial charge < -0.3 is 9.80 Å². The van der Waals surface area contributed by atoms with Crippen LogP contribution in [0.25, 0.3) is 10.2 Å². The normalized spacial score (nSPS) is 19.5. The van der Waals surface area contributed by atoms with Crippen LogP contribution in [-0.4, -0.2) is 44.7 Å². The molecule has 22 heavy (non-hydrogen) atoms. The lowest BCUT2D eigenvalue weighted by atomic mass is 10.2. The number of rotatable bonds is 4. The molecule has 6 heteroatoms. The number of hydrogen-bond donors (Lipinski definition) is 1. The van der Waals surface area contributed by atoms with Gasteiger partial charge in [-0.3, -0.25) is 0 Å². The van der Waals surface area contributed by atoms with Crippen molar-refractivity contribution in [2.45, 2.75) is 38.1 Å². The minimum atomic E-state index is -0.185. The van der Waals surface area contributed by atoms with Crippen LogP contribution in [0.2, 0.25) is 0 Å². The van der Waals surface area contributed by atoms with Gasteiger partial charge >= 0.3 is 6.03 Å². The van der Waals surface area contributed by atoms with Gasteiger partial charge in [0.25, 0.3) is 0 Å². The van der Waals surface area contributed by atoms with Crippen molar-refractivity contribution >= 4 is 40.2 Å². The van der Waals surface area contributed by atoms with Crippen LogP contribution >= 0.6 is 24.0 Å². The second-order valence-electron chi connectivity index (χ2n) is 6.53. The number of carbonyl (C=O) groups is 1. The van der Waals surface area contributed by atoms with Crippen LogP contribution in [0.1, 0.15) is 25.8 Å². The fourth-order valence-electron chi connectivity index (χ4n) is 2.79. The van der Waals surface area contributed by atoms with E-state index in [0.29, 0.717) is 13.1 Å². The zero-order chi connectivity index (χ0) is 15.9. The molecular formula is C16H21N3OS2. The quantitative estimate of drug-likeness (QED) is 0.866. The highest BCUT2D eigenvalue weighted by Gasteiger charge is 2.36. The molecule has 1 aromatic heterocycles. The average molecular weight is 335 g/mol. The molecule has 1 saturated heterocycles. The van der Waals surface area contributed by atoms with E-state index in [1.165, 1.54) is 4.70 Å². The summed E-state index contributed by atoms with van der Waals surface area (Å²) in [5.41, 5.74) is 1.01. The number of urea groups is 1. The Hall–Kier alpha value is -1.27. The van der Waals surface area contributed by atoms with Crippen LogP contribution in [-0.2, 0) is 6.54 Å². The molecule has 1 unspecified atom stereocenters. The topological polar surface area (TPSA) is 36.4 Å². The number of amides is 2. The van der Waals surface area contributed by atoms with E-state index in [1.807, 2.05) is 41.8 Å². The van der Waals surface area contributed by atoms with Crippen LogP contribution < -0.4 is 0 Å². The number of hydrogen-bond acceptors (Lipinski definition) is 4. The predicted octanol–water partition coefficient (Wildman–Crippen LogP) is 3.63. The highest BCUT2D eigenvalue weighted by atomic mass is 32.1. The molecule has 0 bridgehead atoms. The zero-order valence-corrected chi connectivity index (χ0v) is 14.8. The molecule has 0 saturated carbocycles. The number of thiazole rings is 1. The monoisotopic (exact) mass is 335 g/mol. The molecule has 0 spiro atoms. The van der Waals surface area contributed by atoms with Crippen LogP contribution in [0, 0.1) is 0 Å². The first-order chi connectivity index (χ1) is 10.3. The number of para-hydroxylation sites is 1. The van der Waals surface area contributed by atoms with Gasteiger partial charge in [0.1, 0.15) is 5.01 Å². The molecule has 1 aromatic carbocycles. The van der Waals surface area contributed by atoms with Crippen molar-refractivity contribution in [2.24, 2.45) is 0 Å². The lowest BCUT2D eigenvalue weighted by molar-refractivity contribution is 0.183. The first-order valence-electron chi connectivity index (χ1n) is 7.46. The van der Waals surface area contributed by atoms with E-state index in [-0.39, 0.29) is 16.8 Å². The third kappa shape index (κ3) is 3.22. The molecule has 0 N–H and O–H groups in total. The molecule has 1 atom stereocenters. The molecule has 4 nitrogen and oxygen atoms in total. The van der Waals surface area contributed by atoms with Crippen LogP contribution in [0.5, 0.6) is 0 Å². The first-order valence-corrected chi connectivity index (χ1v) is 8.72. The smallest absolute Gasteiger partial charge is 0.319 e. The summed E-state index contributed by atoms with van der Waals surface area (Å²) in [5.74, 6) is 0. The number of fused-ring (bicyclic) bond motifs is 1. The van der Waals surface area contributed by atoms with Gasteiger partial charge in [0.2, 0.25) is 0 Å². The number of carbonyl (C=O) groups excluding carboxylic acids is 1. The second kappa shape index (κ2) is 5.74. The van der Waals surface area contributed by atoms with Gasteiger partial charge in [-0.25, -0.2) is 9.78 Å². The van der Waals surface area contributed by atoms with Crippen molar-refractivity contribution < 1.29 is 4.79 Å². The zero-order valence-electron chi connectivity index (χ0n) is 13.1. The van der Waals surface area contributed by atoms with Gasteiger partial charge in [0.05, 0.1) is 16.8 Å². The molecule has 0 radical (unpaired) electrons. The standard InChI is InChI=1S/C16H21N3OS2/c1-11-8-18(15(20)19(11)10-16(2,3)21)9-14-17-12-6-4-5-7-13(12)22-14/h4-7,11,21H,8-10H2,1-3H3. The Kier molecular flexibility index (Phi) is 4.07. The SMILES string of the molecule is CC1CN(Cc2nc3ccccc3s2)C(=O)N1CC(C)(C)S. The number of thiol groups is 1. The minimum Gasteiger partial charge on any atom is -0.319 e. The highest BCUT2D eigenvalue weighted by molar-refractivity contribution is 7.81. The molecule has 1 aliphatic rings. The summed E-state index contributed by atoms with van der Waals surface area (Å²) in [5, 5.41) is 0.994. The second-order valence-corrected chi connectivity index (χ2v) is 8.85. The van der Waals surface area contributed by atoms with Gasteiger partial charge in [-0.05, 0) is 32.9 Å². The first kappa shape index (κ1) is 15.6. The van der Waals surface area contributed by atoms with E-state index in [9.17, 15) is 4.79 Å². The highest BCUT2D eigenvalue weighted by Crippen LogP contribution is 2.26. The molecule has 3 rings (SSSR count). The van der Waals surface area contributed by atoms with Crippen molar-refractivity contribution in [1.29, 1.82) is 0 Å². The molecule has 2 amide bonds. The largest absolute Gasteiger partial charge is 0.320 e. The summed E-state index contributed by atoms with van der Waals surface area (Å²) in [6.45, 7) is 8.16. The van der Waals surface area contributed by atoms with E-state index in [2.05, 4.69) is 30.6 Å². The van der Waals surface area contributed by atoms with Gasteiger partial charge in [0, 0.05) is 23.9 Å². The Balaban J connectivity index is 1.74. The Morgan fingerprint density at radius 2 is 2.14 bits per heavy atom. The van der Waals surface area contributed by atoms with Gasteiger partial charge in [0.15, 0.2) is 0 Å². The van der Waals surface area contributed by atoms with Crippen molar-refractivity contribution in [2.75, 3.05) is 13.1 Å². The molecule has 1 aliphatic heterocycles. The van der Waals surface area contributed by atoms with E-state index in [4.69, 9.17) is 0 Å². The Bertz CT molecular complexity index is 659. The summed E-state index contributed by atoms with van der Waals surface area (Å²) in [6.07, 6.45) is 0. The lowest BCUT2D eigenvalue weighted by Crippen LogP contribution is -2.41. The summed E-state index contributed by atoms with van der Waals surface area (Å²) >= 11 is 6.21. The summed E-state index contributed by atoms with van der Waals surface area (Å²) in [7, 11) is 0. The third-order valence-corrected chi connectivity index (χ3v) is 4.92. The molecular weight excluding hydrogens is 314 g/mol. The van der Waals surface area contributed by atoms with E-state index < -0.39 is 0 Å². The fraction of sp³-hybridized carbons (Fsp3) is 0.500. The summed E-state index contributed by atoms with van der Waals surface area (Å²) in [4.78, 5) is 21.0. The summed E-state index contributed by atoms with van der Waals surface area (Å²) in [6, 6.07) is 8.40. The third-order valence-electron chi connectivity index (χ3n) is 3.75. The van der Waals surface area contributed by atoms with E-state index >= 15 is 0 Å². The van der Waals surface area contributed by atoms with Gasteiger partial charge in [-0.2, -0.15) is 12.6 Å². The van der Waals surface area contributed by atoms with Gasteiger partial charge in [-0.15, -0.1) is 11.3 Å². The van der Waals surface area contributed by atoms with Gasteiger partial charge in [-0.1, -0.05) is 12.1 Å². The number of benzene rings is 1. The molecule has 2 heterocycles. The minimum absolute atomic E-state index is 0.0916. The van der Waals surface area contributed by atoms with Crippen molar-refractivity contribution in [3.63, 3.8) is 0 Å². The van der Waals surface area contributed by atoms with Crippen LogP contribution in [0.3, 0.4) is 0 Å². The maximum atomic E-state index is 12.6. The van der Waals surface area contributed by atoms with Crippen LogP contribution in [0.15, 0.2) is 24.3 Å². The number of aromatic nitrogens is 1. The Labute approximate surface area is 140 Å². The molecule has 118 valence electrons. The lowest BCUT2D eigenvalue weighted by Gasteiger charge is -2.28. The maximum absolute atomic E-state index is 12.6. The van der Waals surface area contributed by atoms with Crippen molar-refractivity contribution in [3.8, 4) is 0 Å². The number of nitrogens with zero attached hydrogens (tertiary/aromatic N) is 3. The Morgan fingerprint density at radius 3 is 2.82 bits per heavy atom. The Morgan fingerprint density at radius 1 is 1.41 bits per heavy atom. The molecule has 0 aliphatic carbocycles. The predicted molar refractivity (Wildman–Crippen MR) is 94.7 cm³/mol. The van der Waals surface area contributed by atoms with Crippen molar-refractivity contribution in [1.82, 2.24) is 14.8 Å².